The molecule has 6 nitrogen and oxygen atoms in total. The number of nitrogens with one attached hydrogen (secondary N) is 1. The molecule has 0 aliphatic rings. The quantitative estimate of drug-likeness (QED) is 0.739. The van der Waals surface area contributed by atoms with E-state index in [4.69, 9.17) is 16.3 Å². The van der Waals surface area contributed by atoms with E-state index in [0.717, 1.165) is 5.69 Å². The molecule has 2 rings (SSSR count). The molecular weight excluding hydrogens is 368 g/mol. The minimum atomic E-state index is -0.692. The summed E-state index contributed by atoms with van der Waals surface area (Å²) in [6.07, 6.45) is 0. The Bertz CT molecular complexity index is 791. The number of benzene rings is 2. The van der Waals surface area contributed by atoms with Crippen molar-refractivity contribution < 1.29 is 19.1 Å². The first-order chi connectivity index (χ1) is 12.9. The van der Waals surface area contributed by atoms with Gasteiger partial charge >= 0.3 is 5.97 Å². The van der Waals surface area contributed by atoms with Crippen molar-refractivity contribution in [1.82, 2.24) is 5.32 Å². The van der Waals surface area contributed by atoms with Crippen LogP contribution in [-0.4, -0.2) is 37.0 Å². The number of hydrogen-bond donors (Lipinski definition) is 1. The molecule has 0 radical (unpaired) electrons. The van der Waals surface area contributed by atoms with Gasteiger partial charge in [-0.3, -0.25) is 14.4 Å². The van der Waals surface area contributed by atoms with Crippen LogP contribution in [-0.2, 0) is 14.3 Å². The van der Waals surface area contributed by atoms with Crippen molar-refractivity contribution in [2.75, 3.05) is 18.1 Å². The molecule has 7 heteroatoms. The molecule has 0 atom stereocenters. The Hall–Kier alpha value is -2.86. The Balaban J connectivity index is 1.84. The fourth-order valence-corrected chi connectivity index (χ4v) is 2.56. The number of carbonyl (C=O) groups excluding carboxylic acids is 3. The smallest absolute Gasteiger partial charge is 0.325 e. The van der Waals surface area contributed by atoms with Gasteiger partial charge in [-0.2, -0.15) is 0 Å². The van der Waals surface area contributed by atoms with Crippen LogP contribution in [0.3, 0.4) is 0 Å². The van der Waals surface area contributed by atoms with Gasteiger partial charge in [0.15, 0.2) is 6.61 Å². The summed E-state index contributed by atoms with van der Waals surface area (Å²) >= 11 is 5.76. The number of esters is 1. The van der Waals surface area contributed by atoms with Crippen LogP contribution in [0.15, 0.2) is 54.6 Å². The summed E-state index contributed by atoms with van der Waals surface area (Å²) in [7, 11) is 0. The second-order valence-electron chi connectivity index (χ2n) is 6.04. The predicted octanol–water partition coefficient (Wildman–Crippen LogP) is 3.05. The van der Waals surface area contributed by atoms with Gasteiger partial charge in [0, 0.05) is 22.3 Å². The first-order valence-corrected chi connectivity index (χ1v) is 8.82. The van der Waals surface area contributed by atoms with Crippen molar-refractivity contribution in [3.63, 3.8) is 0 Å². The van der Waals surface area contributed by atoms with Gasteiger partial charge in [0.1, 0.15) is 6.54 Å². The maximum absolute atomic E-state index is 12.4. The Morgan fingerprint density at radius 3 is 2.26 bits per heavy atom. The van der Waals surface area contributed by atoms with Crippen LogP contribution < -0.4 is 10.2 Å². The summed E-state index contributed by atoms with van der Waals surface area (Å²) < 4.78 is 5.00. The second kappa shape index (κ2) is 9.73. The zero-order valence-electron chi connectivity index (χ0n) is 15.1. The normalized spacial score (nSPS) is 10.4. The highest BCUT2D eigenvalue weighted by Crippen LogP contribution is 2.16. The van der Waals surface area contributed by atoms with Crippen LogP contribution in [0.25, 0.3) is 0 Å². The maximum atomic E-state index is 12.4. The van der Waals surface area contributed by atoms with Crippen LogP contribution in [0.2, 0.25) is 5.02 Å². The summed E-state index contributed by atoms with van der Waals surface area (Å²) in [5, 5.41) is 2.96. The SMILES string of the molecule is CC(C)N(C(=O)COC(=O)CNC(=O)c1ccc(Cl)cc1)c1ccccc1. The molecule has 0 aliphatic carbocycles. The molecule has 0 aliphatic heterocycles. The minimum absolute atomic E-state index is 0.0943. The standard InChI is InChI=1S/C20H21ClN2O4/c1-14(2)23(17-6-4-3-5-7-17)18(24)13-27-19(25)12-22-20(26)15-8-10-16(21)11-9-15/h3-11,14H,12-13H2,1-2H3,(H,22,26). The number of hydrogen-bond acceptors (Lipinski definition) is 4. The lowest BCUT2D eigenvalue weighted by Crippen LogP contribution is -2.40. The van der Waals surface area contributed by atoms with Gasteiger partial charge in [-0.25, -0.2) is 0 Å². The first kappa shape index (κ1) is 20.5. The van der Waals surface area contributed by atoms with E-state index in [1.165, 1.54) is 0 Å². The fraction of sp³-hybridized carbons (Fsp3) is 0.250. The lowest BCUT2D eigenvalue weighted by atomic mass is 10.2. The van der Waals surface area contributed by atoms with Crippen LogP contribution in [0.4, 0.5) is 5.69 Å². The average molecular weight is 389 g/mol. The third kappa shape index (κ3) is 6.11. The van der Waals surface area contributed by atoms with Crippen LogP contribution in [0.5, 0.6) is 0 Å². The summed E-state index contributed by atoms with van der Waals surface area (Å²) in [6, 6.07) is 15.3. The third-order valence-corrected chi connectivity index (χ3v) is 3.93. The van der Waals surface area contributed by atoms with E-state index < -0.39 is 18.5 Å². The molecule has 0 fully saturated rings. The van der Waals surface area contributed by atoms with E-state index in [2.05, 4.69) is 5.32 Å². The van der Waals surface area contributed by atoms with Gasteiger partial charge in [-0.05, 0) is 50.2 Å². The van der Waals surface area contributed by atoms with Gasteiger partial charge in [0.25, 0.3) is 11.8 Å². The van der Waals surface area contributed by atoms with Crippen molar-refractivity contribution in [2.45, 2.75) is 19.9 Å². The highest BCUT2D eigenvalue weighted by molar-refractivity contribution is 6.30. The van der Waals surface area contributed by atoms with Crippen molar-refractivity contribution in [2.24, 2.45) is 0 Å². The van der Waals surface area contributed by atoms with Crippen LogP contribution in [0.1, 0.15) is 24.2 Å². The summed E-state index contributed by atoms with van der Waals surface area (Å²) in [5.74, 6) is -1.46. The van der Waals surface area contributed by atoms with Crippen LogP contribution >= 0.6 is 11.6 Å². The van der Waals surface area contributed by atoms with Crippen molar-refractivity contribution >= 4 is 35.1 Å². The van der Waals surface area contributed by atoms with Gasteiger partial charge in [0.05, 0.1) is 0 Å². The highest BCUT2D eigenvalue weighted by Gasteiger charge is 2.20. The number of carbonyl (C=O) groups is 3. The molecule has 0 bridgehead atoms. The summed E-state index contributed by atoms with van der Waals surface area (Å²) in [6.45, 7) is 3.02. The number of amides is 2. The number of para-hydroxylation sites is 1. The average Bonchev–Trinajstić information content (AvgIpc) is 2.65. The lowest BCUT2D eigenvalue weighted by Gasteiger charge is -2.26. The predicted molar refractivity (Wildman–Crippen MR) is 104 cm³/mol. The minimum Gasteiger partial charge on any atom is -0.454 e. The number of nitrogens with zero attached hydrogens (tertiary/aromatic N) is 1. The van der Waals surface area contributed by atoms with E-state index in [9.17, 15) is 14.4 Å². The number of ether oxygens (including phenoxy) is 1. The molecule has 2 aromatic carbocycles. The lowest BCUT2D eigenvalue weighted by molar-refractivity contribution is -0.146. The zero-order chi connectivity index (χ0) is 19.8. The Morgan fingerprint density at radius 1 is 1.04 bits per heavy atom. The number of rotatable bonds is 7. The third-order valence-electron chi connectivity index (χ3n) is 3.68. The van der Waals surface area contributed by atoms with Gasteiger partial charge in [0.2, 0.25) is 0 Å². The Kier molecular flexibility index (Phi) is 7.37. The molecule has 2 amide bonds. The highest BCUT2D eigenvalue weighted by atomic mass is 35.5. The zero-order valence-corrected chi connectivity index (χ0v) is 15.9. The summed E-state index contributed by atoms with van der Waals surface area (Å²) in [4.78, 5) is 37.8. The molecule has 142 valence electrons. The molecular formula is C20H21ClN2O4. The molecule has 2 aromatic rings. The van der Waals surface area contributed by atoms with E-state index in [-0.39, 0.29) is 18.5 Å². The van der Waals surface area contributed by atoms with E-state index in [1.54, 1.807) is 29.2 Å². The topological polar surface area (TPSA) is 75.7 Å². The molecule has 0 heterocycles. The second-order valence-corrected chi connectivity index (χ2v) is 6.48. The van der Waals surface area contributed by atoms with Crippen molar-refractivity contribution in [3.05, 3.63) is 65.2 Å². The Labute approximate surface area is 163 Å². The van der Waals surface area contributed by atoms with Gasteiger partial charge in [-0.1, -0.05) is 29.8 Å². The van der Waals surface area contributed by atoms with Gasteiger partial charge in [-0.15, -0.1) is 0 Å². The largest absolute Gasteiger partial charge is 0.454 e. The molecule has 27 heavy (non-hydrogen) atoms. The molecule has 0 aromatic heterocycles. The maximum Gasteiger partial charge on any atom is 0.325 e. The number of halogens is 1. The van der Waals surface area contributed by atoms with Gasteiger partial charge < -0.3 is 15.0 Å². The van der Waals surface area contributed by atoms with Crippen LogP contribution in [0, 0.1) is 0 Å². The van der Waals surface area contributed by atoms with E-state index >= 15 is 0 Å². The molecule has 1 N–H and O–H groups in total. The molecule has 0 saturated heterocycles. The summed E-state index contributed by atoms with van der Waals surface area (Å²) in [5.41, 5.74) is 1.10. The molecule has 0 unspecified atom stereocenters. The molecule has 0 spiro atoms. The fourth-order valence-electron chi connectivity index (χ4n) is 2.44. The number of anilines is 1. The van der Waals surface area contributed by atoms with E-state index in [0.29, 0.717) is 10.6 Å². The van der Waals surface area contributed by atoms with Crippen molar-refractivity contribution in [1.29, 1.82) is 0 Å². The van der Waals surface area contributed by atoms with E-state index in [1.807, 2.05) is 44.2 Å². The monoisotopic (exact) mass is 388 g/mol. The molecule has 0 saturated carbocycles. The van der Waals surface area contributed by atoms with Crippen molar-refractivity contribution in [3.8, 4) is 0 Å². The Morgan fingerprint density at radius 2 is 1.67 bits per heavy atom. The first-order valence-electron chi connectivity index (χ1n) is 8.45.